The number of nitrogens with one attached hydrogen (secondary N) is 1. The number of benzene rings is 2. The Morgan fingerprint density at radius 1 is 1.06 bits per heavy atom. The van der Waals surface area contributed by atoms with E-state index in [1.807, 2.05) is 39.8 Å². The lowest BCUT2D eigenvalue weighted by Gasteiger charge is -2.25. The second kappa shape index (κ2) is 9.64. The number of carbonyl (C=O) groups excluding carboxylic acids is 3. The van der Waals surface area contributed by atoms with Gasteiger partial charge in [0.2, 0.25) is 5.91 Å². The van der Waals surface area contributed by atoms with Gasteiger partial charge in [0.15, 0.2) is 0 Å². The Kier molecular flexibility index (Phi) is 6.95. The molecule has 31 heavy (non-hydrogen) atoms. The summed E-state index contributed by atoms with van der Waals surface area (Å²) in [6.07, 6.45) is 0.803. The average molecular weight is 424 g/mol. The van der Waals surface area contributed by atoms with Crippen LogP contribution in [0.25, 0.3) is 0 Å². The van der Waals surface area contributed by atoms with Gasteiger partial charge in [-0.25, -0.2) is 9.69 Å². The van der Waals surface area contributed by atoms with Crippen LogP contribution in [-0.2, 0) is 9.59 Å². The molecule has 1 heterocycles. The van der Waals surface area contributed by atoms with Gasteiger partial charge in [0.1, 0.15) is 11.8 Å². The van der Waals surface area contributed by atoms with Crippen molar-refractivity contribution in [3.05, 3.63) is 54.1 Å². The average Bonchev–Trinajstić information content (AvgIpc) is 2.98. The van der Waals surface area contributed by atoms with E-state index in [0.29, 0.717) is 18.0 Å². The van der Waals surface area contributed by atoms with Crippen molar-refractivity contribution >= 4 is 29.2 Å². The number of nitrogens with zero attached hydrogens (tertiary/aromatic N) is 2. The maximum Gasteiger partial charge on any atom is 0.332 e. The van der Waals surface area contributed by atoms with Crippen molar-refractivity contribution in [1.29, 1.82) is 0 Å². The number of hydrogen-bond acceptors (Lipinski definition) is 4. The highest BCUT2D eigenvalue weighted by Crippen LogP contribution is 2.29. The summed E-state index contributed by atoms with van der Waals surface area (Å²) in [4.78, 5) is 41.4. The molecule has 1 fully saturated rings. The summed E-state index contributed by atoms with van der Waals surface area (Å²) >= 11 is 0. The number of amides is 4. The molecule has 0 spiro atoms. The summed E-state index contributed by atoms with van der Waals surface area (Å²) in [6, 6.07) is 12.8. The van der Waals surface area contributed by atoms with Gasteiger partial charge < -0.3 is 15.0 Å². The summed E-state index contributed by atoms with van der Waals surface area (Å²) in [5.41, 5.74) is 2.15. The van der Waals surface area contributed by atoms with Crippen LogP contribution in [-0.4, -0.2) is 41.4 Å². The lowest BCUT2D eigenvalue weighted by atomic mass is 10.1. The zero-order valence-electron chi connectivity index (χ0n) is 18.4. The number of aryl methyl sites for hydroxylation is 1. The minimum absolute atomic E-state index is 0.112. The normalized spacial score (nSPS) is 16.2. The highest BCUT2D eigenvalue weighted by atomic mass is 16.5. The quantitative estimate of drug-likeness (QED) is 0.640. The van der Waals surface area contributed by atoms with Crippen LogP contribution in [0.5, 0.6) is 5.75 Å². The van der Waals surface area contributed by atoms with E-state index < -0.39 is 12.1 Å². The molecule has 0 bridgehead atoms. The molecule has 3 rings (SSSR count). The predicted octanol–water partition coefficient (Wildman–Crippen LogP) is 4.36. The number of rotatable bonds is 8. The molecule has 4 amide bonds. The van der Waals surface area contributed by atoms with E-state index in [1.165, 1.54) is 4.90 Å². The first kappa shape index (κ1) is 22.3. The fraction of sp³-hybridized carbons (Fsp3) is 0.375. The van der Waals surface area contributed by atoms with Gasteiger partial charge in [-0.3, -0.25) is 9.59 Å². The minimum Gasteiger partial charge on any atom is -0.494 e. The lowest BCUT2D eigenvalue weighted by molar-refractivity contribution is -0.124. The summed E-state index contributed by atoms with van der Waals surface area (Å²) < 4.78 is 5.54. The van der Waals surface area contributed by atoms with Crippen LogP contribution in [0.4, 0.5) is 16.2 Å². The van der Waals surface area contributed by atoms with Gasteiger partial charge in [-0.2, -0.15) is 0 Å². The number of anilines is 2. The third kappa shape index (κ3) is 5.05. The molecule has 7 nitrogen and oxygen atoms in total. The van der Waals surface area contributed by atoms with Crippen LogP contribution < -0.4 is 15.0 Å². The van der Waals surface area contributed by atoms with E-state index in [0.717, 1.165) is 22.6 Å². The van der Waals surface area contributed by atoms with Crippen molar-refractivity contribution in [2.24, 2.45) is 0 Å². The van der Waals surface area contributed by atoms with Gasteiger partial charge in [0.05, 0.1) is 18.7 Å². The zero-order chi connectivity index (χ0) is 22.5. The molecule has 164 valence electrons. The molecule has 0 aliphatic carbocycles. The summed E-state index contributed by atoms with van der Waals surface area (Å²) in [7, 11) is 0. The Bertz CT molecular complexity index is 938. The molecular weight excluding hydrogens is 394 g/mol. The number of hydrogen-bond donors (Lipinski definition) is 1. The highest BCUT2D eigenvalue weighted by Gasteiger charge is 2.47. The van der Waals surface area contributed by atoms with Crippen molar-refractivity contribution in [1.82, 2.24) is 4.90 Å². The SMILES string of the molecule is CCCOc1ccc(NC(=O)C[C@H]2C(=O)N(c3ccc(C)cc3)C(=O)N2C(C)C)cc1. The molecular formula is C24H29N3O4. The van der Waals surface area contributed by atoms with E-state index in [1.54, 1.807) is 36.4 Å². The summed E-state index contributed by atoms with van der Waals surface area (Å²) in [5, 5.41) is 2.81. The van der Waals surface area contributed by atoms with Crippen LogP contribution in [0, 0.1) is 6.92 Å². The fourth-order valence-corrected chi connectivity index (χ4v) is 3.55. The first-order chi connectivity index (χ1) is 14.8. The maximum absolute atomic E-state index is 13.1. The van der Waals surface area contributed by atoms with E-state index in [9.17, 15) is 14.4 Å². The van der Waals surface area contributed by atoms with Crippen LogP contribution in [0.2, 0.25) is 0 Å². The van der Waals surface area contributed by atoms with Crippen LogP contribution >= 0.6 is 0 Å². The van der Waals surface area contributed by atoms with Gasteiger partial charge in [-0.15, -0.1) is 0 Å². The van der Waals surface area contributed by atoms with E-state index in [-0.39, 0.29) is 24.3 Å². The van der Waals surface area contributed by atoms with Crippen molar-refractivity contribution in [3.8, 4) is 5.75 Å². The Labute approximate surface area is 183 Å². The van der Waals surface area contributed by atoms with E-state index in [2.05, 4.69) is 5.32 Å². The Hall–Kier alpha value is -3.35. The van der Waals surface area contributed by atoms with Gasteiger partial charge in [0, 0.05) is 11.7 Å². The first-order valence-corrected chi connectivity index (χ1v) is 10.6. The molecule has 0 aromatic heterocycles. The van der Waals surface area contributed by atoms with Gasteiger partial charge in [-0.05, 0) is 63.6 Å². The number of ether oxygens (including phenoxy) is 1. The predicted molar refractivity (Wildman–Crippen MR) is 120 cm³/mol. The molecule has 1 N–H and O–H groups in total. The van der Waals surface area contributed by atoms with Gasteiger partial charge in [0.25, 0.3) is 5.91 Å². The minimum atomic E-state index is -0.846. The number of urea groups is 1. The second-order valence-corrected chi connectivity index (χ2v) is 7.93. The molecule has 1 saturated heterocycles. The van der Waals surface area contributed by atoms with Crippen molar-refractivity contribution in [3.63, 3.8) is 0 Å². The lowest BCUT2D eigenvalue weighted by Crippen LogP contribution is -2.42. The van der Waals surface area contributed by atoms with E-state index >= 15 is 0 Å². The highest BCUT2D eigenvalue weighted by molar-refractivity contribution is 6.22. The van der Waals surface area contributed by atoms with Crippen LogP contribution in [0.15, 0.2) is 48.5 Å². The standard InChI is InChI=1S/C24H29N3O4/c1-5-14-31-20-12-8-18(9-13-20)25-22(28)15-21-23(29)27(24(30)26(21)16(2)3)19-10-6-17(4)7-11-19/h6-13,16,21H,5,14-15H2,1-4H3,(H,25,28)/t21-/m0/s1. The Morgan fingerprint density at radius 2 is 1.71 bits per heavy atom. The van der Waals surface area contributed by atoms with Gasteiger partial charge >= 0.3 is 6.03 Å². The molecule has 1 aliphatic heterocycles. The molecule has 7 heteroatoms. The van der Waals surface area contributed by atoms with E-state index in [4.69, 9.17) is 4.74 Å². The second-order valence-electron chi connectivity index (χ2n) is 7.93. The van der Waals surface area contributed by atoms with Gasteiger partial charge in [-0.1, -0.05) is 24.6 Å². The third-order valence-corrected chi connectivity index (χ3v) is 5.09. The molecule has 2 aromatic rings. The largest absolute Gasteiger partial charge is 0.494 e. The van der Waals surface area contributed by atoms with Crippen molar-refractivity contribution < 1.29 is 19.1 Å². The Morgan fingerprint density at radius 3 is 2.29 bits per heavy atom. The topological polar surface area (TPSA) is 79.0 Å². The molecule has 2 aromatic carbocycles. The molecule has 1 atom stereocenters. The van der Waals surface area contributed by atoms with Crippen molar-refractivity contribution in [2.45, 2.75) is 52.6 Å². The summed E-state index contributed by atoms with van der Waals surface area (Å²) in [6.45, 7) is 8.27. The Balaban J connectivity index is 1.72. The van der Waals surface area contributed by atoms with Crippen LogP contribution in [0.3, 0.4) is 0 Å². The number of carbonyl (C=O) groups is 3. The summed E-state index contributed by atoms with van der Waals surface area (Å²) in [5.74, 6) is 0.0157. The monoisotopic (exact) mass is 423 g/mol. The fourth-order valence-electron chi connectivity index (χ4n) is 3.55. The molecule has 1 aliphatic rings. The number of imide groups is 1. The molecule has 0 saturated carbocycles. The maximum atomic E-state index is 13.1. The zero-order valence-corrected chi connectivity index (χ0v) is 18.4. The molecule has 0 unspecified atom stereocenters. The smallest absolute Gasteiger partial charge is 0.332 e. The van der Waals surface area contributed by atoms with Crippen molar-refractivity contribution in [2.75, 3.05) is 16.8 Å². The first-order valence-electron chi connectivity index (χ1n) is 10.6. The molecule has 0 radical (unpaired) electrons. The van der Waals surface area contributed by atoms with Crippen LogP contribution in [0.1, 0.15) is 39.2 Å². The third-order valence-electron chi connectivity index (χ3n) is 5.09.